The molecule has 0 rings (SSSR count). The summed E-state index contributed by atoms with van der Waals surface area (Å²) in [6, 6.07) is 0. The Labute approximate surface area is 104 Å². The second-order valence-corrected chi connectivity index (χ2v) is 7.54. The number of rotatable bonds is 11. The molecule has 3 heteroatoms. The number of hydrogen-bond acceptors (Lipinski definition) is 2. The molecule has 0 heterocycles. The van der Waals surface area contributed by atoms with Crippen LogP contribution in [0, 0.1) is 0 Å². The summed E-state index contributed by atoms with van der Waals surface area (Å²) in [5, 5.41) is 0. The molecule has 0 aliphatic carbocycles. The third kappa shape index (κ3) is 8.31. The molecule has 0 saturated heterocycles. The average molecular weight is 246 g/mol. The van der Waals surface area contributed by atoms with Crippen LogP contribution in [0.2, 0.25) is 5.54 Å². The van der Waals surface area contributed by atoms with E-state index in [4.69, 9.17) is 8.85 Å². The molecule has 0 radical (unpaired) electrons. The lowest BCUT2D eigenvalue weighted by atomic mass is 10.1. The highest BCUT2D eigenvalue weighted by Crippen LogP contribution is 2.20. The molecule has 0 aliphatic heterocycles. The van der Waals surface area contributed by atoms with Crippen molar-refractivity contribution in [1.82, 2.24) is 0 Å². The summed E-state index contributed by atoms with van der Waals surface area (Å²) in [5.41, 5.74) is 0.644. The lowest BCUT2D eigenvalue weighted by Crippen LogP contribution is -2.24. The molecule has 0 spiro atoms. The highest BCUT2D eigenvalue weighted by atomic mass is 28.3. The first-order valence-corrected chi connectivity index (χ1v) is 8.42. The van der Waals surface area contributed by atoms with Crippen LogP contribution < -0.4 is 0 Å². The van der Waals surface area contributed by atoms with E-state index in [2.05, 4.69) is 13.8 Å². The normalized spacial score (nSPS) is 13.3. The summed E-state index contributed by atoms with van der Waals surface area (Å²) >= 11 is 0. The van der Waals surface area contributed by atoms with Gasteiger partial charge in [0.05, 0.1) is 0 Å². The van der Waals surface area contributed by atoms with Crippen molar-refractivity contribution in [2.45, 2.75) is 70.8 Å². The zero-order valence-electron chi connectivity index (χ0n) is 11.6. The van der Waals surface area contributed by atoms with Gasteiger partial charge in [-0.2, -0.15) is 0 Å². The molecule has 0 saturated carbocycles. The SMILES string of the molecule is CCCCCCCCCC(C)[SiH](OC)OC. The average Bonchev–Trinajstić information content (AvgIpc) is 2.29. The predicted molar refractivity (Wildman–Crippen MR) is 73.2 cm³/mol. The highest BCUT2D eigenvalue weighted by molar-refractivity contribution is 6.46. The van der Waals surface area contributed by atoms with Crippen LogP contribution in [0.15, 0.2) is 0 Å². The van der Waals surface area contributed by atoms with E-state index < -0.39 is 9.28 Å². The summed E-state index contributed by atoms with van der Waals surface area (Å²) in [4.78, 5) is 0. The van der Waals surface area contributed by atoms with Gasteiger partial charge in [-0.1, -0.05) is 58.8 Å². The van der Waals surface area contributed by atoms with E-state index in [9.17, 15) is 0 Å². The zero-order valence-corrected chi connectivity index (χ0v) is 12.8. The summed E-state index contributed by atoms with van der Waals surface area (Å²) in [5.74, 6) is 0. The molecule has 0 bridgehead atoms. The fourth-order valence-corrected chi connectivity index (χ4v) is 3.75. The topological polar surface area (TPSA) is 18.5 Å². The van der Waals surface area contributed by atoms with E-state index in [-0.39, 0.29) is 0 Å². The van der Waals surface area contributed by atoms with Gasteiger partial charge in [0.1, 0.15) is 0 Å². The molecule has 0 N–H and O–H groups in total. The molecule has 0 aromatic carbocycles. The van der Waals surface area contributed by atoms with E-state index in [1.807, 2.05) is 0 Å². The van der Waals surface area contributed by atoms with Crippen molar-refractivity contribution in [3.05, 3.63) is 0 Å². The summed E-state index contributed by atoms with van der Waals surface area (Å²) in [6.07, 6.45) is 11.0. The molecule has 2 nitrogen and oxygen atoms in total. The van der Waals surface area contributed by atoms with E-state index in [0.717, 1.165) is 0 Å². The standard InChI is InChI=1S/C13H30O2Si/c1-5-6-7-8-9-10-11-12-13(2)16(14-3)15-4/h13,16H,5-12H2,1-4H3. The lowest BCUT2D eigenvalue weighted by Gasteiger charge is -2.18. The van der Waals surface area contributed by atoms with Crippen molar-refractivity contribution in [1.29, 1.82) is 0 Å². The second-order valence-electron chi connectivity index (χ2n) is 4.73. The molecule has 0 aromatic rings. The van der Waals surface area contributed by atoms with Crippen molar-refractivity contribution in [2.75, 3.05) is 14.2 Å². The Morgan fingerprint density at radius 3 is 1.88 bits per heavy atom. The van der Waals surface area contributed by atoms with Gasteiger partial charge in [-0.15, -0.1) is 0 Å². The molecule has 0 aromatic heterocycles. The van der Waals surface area contributed by atoms with Gasteiger partial charge in [0.25, 0.3) is 0 Å². The molecule has 0 fully saturated rings. The minimum Gasteiger partial charge on any atom is -0.400 e. The maximum absolute atomic E-state index is 5.39. The molecule has 0 amide bonds. The van der Waals surface area contributed by atoms with Gasteiger partial charge in [-0.05, 0) is 12.0 Å². The van der Waals surface area contributed by atoms with E-state index >= 15 is 0 Å². The predicted octanol–water partition coefficient (Wildman–Crippen LogP) is 4.03. The molecule has 0 aliphatic rings. The molecular formula is C13H30O2Si. The first-order chi connectivity index (χ1) is 7.76. The van der Waals surface area contributed by atoms with Gasteiger partial charge in [0, 0.05) is 14.2 Å². The Kier molecular flexibility index (Phi) is 11.7. The smallest absolute Gasteiger partial charge is 0.323 e. The van der Waals surface area contributed by atoms with E-state index in [1.165, 1.54) is 51.4 Å². The lowest BCUT2D eigenvalue weighted by molar-refractivity contribution is 0.264. The van der Waals surface area contributed by atoms with Crippen molar-refractivity contribution < 1.29 is 8.85 Å². The van der Waals surface area contributed by atoms with E-state index in [0.29, 0.717) is 5.54 Å². The van der Waals surface area contributed by atoms with Crippen molar-refractivity contribution in [3.8, 4) is 0 Å². The Morgan fingerprint density at radius 2 is 1.38 bits per heavy atom. The van der Waals surface area contributed by atoms with Gasteiger partial charge in [-0.25, -0.2) is 0 Å². The van der Waals surface area contributed by atoms with E-state index in [1.54, 1.807) is 14.2 Å². The third-order valence-corrected chi connectivity index (χ3v) is 5.38. The van der Waals surface area contributed by atoms with Crippen LogP contribution in [0.3, 0.4) is 0 Å². The minimum absolute atomic E-state index is 0.644. The summed E-state index contributed by atoms with van der Waals surface area (Å²) in [7, 11) is 2.20. The third-order valence-electron chi connectivity index (χ3n) is 3.19. The van der Waals surface area contributed by atoms with Crippen LogP contribution in [0.1, 0.15) is 65.2 Å². The Bertz CT molecular complexity index is 138. The first-order valence-electron chi connectivity index (χ1n) is 6.81. The quantitative estimate of drug-likeness (QED) is 0.405. The Hall–Kier alpha value is 0.137. The fraction of sp³-hybridized carbons (Fsp3) is 1.00. The van der Waals surface area contributed by atoms with Crippen LogP contribution >= 0.6 is 0 Å². The first kappa shape index (κ1) is 16.1. The van der Waals surface area contributed by atoms with Gasteiger partial charge < -0.3 is 8.85 Å². The van der Waals surface area contributed by atoms with Gasteiger partial charge >= 0.3 is 9.28 Å². The van der Waals surface area contributed by atoms with Crippen LogP contribution in [0.5, 0.6) is 0 Å². The van der Waals surface area contributed by atoms with Crippen LogP contribution in [-0.2, 0) is 8.85 Å². The molecule has 1 atom stereocenters. The molecule has 98 valence electrons. The van der Waals surface area contributed by atoms with Crippen molar-refractivity contribution in [3.63, 3.8) is 0 Å². The van der Waals surface area contributed by atoms with Crippen molar-refractivity contribution >= 4 is 9.28 Å². The summed E-state index contributed by atoms with van der Waals surface area (Å²) < 4.78 is 10.8. The molecule has 16 heavy (non-hydrogen) atoms. The maximum Gasteiger partial charge on any atom is 0.323 e. The Morgan fingerprint density at radius 1 is 0.875 bits per heavy atom. The van der Waals surface area contributed by atoms with Crippen LogP contribution in [0.25, 0.3) is 0 Å². The maximum atomic E-state index is 5.39. The monoisotopic (exact) mass is 246 g/mol. The zero-order chi connectivity index (χ0) is 12.2. The van der Waals surface area contributed by atoms with Gasteiger partial charge in [-0.3, -0.25) is 0 Å². The molecular weight excluding hydrogens is 216 g/mol. The van der Waals surface area contributed by atoms with Crippen LogP contribution in [0.4, 0.5) is 0 Å². The fourth-order valence-electron chi connectivity index (χ4n) is 2.12. The number of unbranched alkanes of at least 4 members (excludes halogenated alkanes) is 6. The Balaban J connectivity index is 3.30. The van der Waals surface area contributed by atoms with Crippen LogP contribution in [-0.4, -0.2) is 23.5 Å². The van der Waals surface area contributed by atoms with Crippen molar-refractivity contribution in [2.24, 2.45) is 0 Å². The minimum atomic E-state index is -1.36. The summed E-state index contributed by atoms with van der Waals surface area (Å²) in [6.45, 7) is 4.53. The second kappa shape index (κ2) is 11.6. The number of hydrogen-bond donors (Lipinski definition) is 0. The van der Waals surface area contributed by atoms with Gasteiger partial charge in [0.15, 0.2) is 0 Å². The van der Waals surface area contributed by atoms with Gasteiger partial charge in [0.2, 0.25) is 0 Å². The highest BCUT2D eigenvalue weighted by Gasteiger charge is 2.18. The molecule has 1 unspecified atom stereocenters. The largest absolute Gasteiger partial charge is 0.400 e.